The molecule has 2 atom stereocenters. The van der Waals surface area contributed by atoms with Crippen LogP contribution in [0.4, 0.5) is 0 Å². The van der Waals surface area contributed by atoms with Crippen LogP contribution in [0.15, 0.2) is 59.6 Å². The van der Waals surface area contributed by atoms with Crippen molar-refractivity contribution in [2.75, 3.05) is 14.2 Å². The number of nitrogens with zero attached hydrogens (tertiary/aromatic N) is 3. The van der Waals surface area contributed by atoms with Gasteiger partial charge in [-0.25, -0.2) is 0 Å². The van der Waals surface area contributed by atoms with Crippen LogP contribution in [0.25, 0.3) is 10.6 Å². The van der Waals surface area contributed by atoms with Crippen LogP contribution < -0.4 is 14.2 Å². The van der Waals surface area contributed by atoms with Gasteiger partial charge in [-0.05, 0) is 73.6 Å². The molecule has 34 heavy (non-hydrogen) atoms. The molecule has 0 amide bonds. The molecule has 0 spiro atoms. The van der Waals surface area contributed by atoms with Crippen LogP contribution in [0.3, 0.4) is 0 Å². The number of aromatic nitrogens is 2. The van der Waals surface area contributed by atoms with Gasteiger partial charge in [0.25, 0.3) is 0 Å². The second kappa shape index (κ2) is 9.85. The summed E-state index contributed by atoms with van der Waals surface area (Å²) in [5, 5.41) is 10.5. The fourth-order valence-electron chi connectivity index (χ4n) is 4.32. The second-order valence-corrected chi connectivity index (χ2v) is 9.11. The van der Waals surface area contributed by atoms with Gasteiger partial charge < -0.3 is 19.3 Å². The van der Waals surface area contributed by atoms with Gasteiger partial charge in [0.1, 0.15) is 21.9 Å². The lowest BCUT2D eigenvalue weighted by Gasteiger charge is -2.42. The van der Waals surface area contributed by atoms with Crippen molar-refractivity contribution in [3.05, 3.63) is 60.2 Å². The van der Waals surface area contributed by atoms with Gasteiger partial charge in [-0.1, -0.05) is 31.2 Å². The molecule has 4 rings (SSSR count). The zero-order valence-electron chi connectivity index (χ0n) is 19.8. The Kier molecular flexibility index (Phi) is 6.88. The third kappa shape index (κ3) is 4.63. The normalized spacial score (nSPS) is 18.6. The molecule has 2 unspecified atom stereocenters. The highest BCUT2D eigenvalue weighted by Crippen LogP contribution is 2.41. The van der Waals surface area contributed by atoms with Gasteiger partial charge in [0, 0.05) is 11.8 Å². The zero-order valence-corrected chi connectivity index (χ0v) is 20.6. The lowest BCUT2D eigenvalue weighted by molar-refractivity contribution is 0.000228. The number of rotatable bonds is 10. The molecular weight excluding hydrogens is 450 g/mol. The Bertz CT molecular complexity index is 1190. The third-order valence-electron chi connectivity index (χ3n) is 6.40. The largest absolute Gasteiger partial charge is 0.508 e. The van der Waals surface area contributed by atoms with E-state index in [2.05, 4.69) is 29.3 Å². The molecule has 7 nitrogen and oxygen atoms in total. The maximum atomic E-state index is 9.82. The summed E-state index contributed by atoms with van der Waals surface area (Å²) in [7, 11) is 3.27. The summed E-state index contributed by atoms with van der Waals surface area (Å²) in [6.07, 6.45) is 7.99. The second-order valence-electron chi connectivity index (χ2n) is 8.36. The number of aryl methyl sites for hydroxylation is 1. The summed E-state index contributed by atoms with van der Waals surface area (Å²) in [4.78, 5) is 9.39. The summed E-state index contributed by atoms with van der Waals surface area (Å²) in [6.45, 7) is 4.18. The van der Waals surface area contributed by atoms with Crippen LogP contribution >= 0.6 is 11.5 Å². The molecule has 2 aromatic carbocycles. The van der Waals surface area contributed by atoms with E-state index in [1.165, 1.54) is 11.5 Å². The van der Waals surface area contributed by atoms with Gasteiger partial charge in [0.2, 0.25) is 0 Å². The van der Waals surface area contributed by atoms with Gasteiger partial charge in [-0.15, -0.1) is 4.37 Å². The van der Waals surface area contributed by atoms with Gasteiger partial charge >= 0.3 is 6.01 Å². The summed E-state index contributed by atoms with van der Waals surface area (Å²) in [5.74, 6) is 1.58. The smallest absolute Gasteiger partial charge is 0.329 e. The zero-order chi connectivity index (χ0) is 24.2. The first-order chi connectivity index (χ1) is 16.4. The molecule has 0 bridgehead atoms. The number of methoxy groups -OCH3 is 2. The Hall–Kier alpha value is -3.39. The number of hydrogen-bond donors (Lipinski definition) is 1. The van der Waals surface area contributed by atoms with Gasteiger partial charge in [0.05, 0.1) is 14.2 Å². The van der Waals surface area contributed by atoms with E-state index in [0.717, 1.165) is 17.5 Å². The summed E-state index contributed by atoms with van der Waals surface area (Å²) >= 11 is 1.24. The van der Waals surface area contributed by atoms with Crippen LogP contribution in [0.5, 0.6) is 23.3 Å². The minimum atomic E-state index is -0.666. The van der Waals surface area contributed by atoms with Gasteiger partial charge in [-0.2, -0.15) is 4.98 Å². The standard InChI is InChI=1S/C26H29N3O4S/c1-5-26(25(2)13-7-15-27-25,14-12-18-10-11-21(31-3)22(16-18)32-4)33-24-28-23(34-29-24)19-8-6-9-20(30)17-19/h6-11,13,15-17,30H,5,12,14H2,1-4H3. The minimum absolute atomic E-state index is 0.186. The van der Waals surface area contributed by atoms with E-state index in [0.29, 0.717) is 35.4 Å². The molecular formula is C26H29N3O4S. The summed E-state index contributed by atoms with van der Waals surface area (Å²) in [5.41, 5.74) is 0.681. The van der Waals surface area contributed by atoms with E-state index in [1.807, 2.05) is 36.6 Å². The number of phenols is 1. The number of hydrogen-bond acceptors (Lipinski definition) is 8. The molecule has 2 heterocycles. The number of aliphatic imine (C=N–C) groups is 1. The number of benzene rings is 2. The number of allylic oxidation sites excluding steroid dienone is 1. The molecule has 178 valence electrons. The Morgan fingerprint density at radius 1 is 1.09 bits per heavy atom. The first-order valence-corrected chi connectivity index (χ1v) is 12.0. The number of phenolic OH excluding ortho intramolecular Hbond substituents is 1. The molecule has 3 aromatic rings. The Balaban J connectivity index is 1.62. The molecule has 1 aliphatic rings. The molecule has 0 radical (unpaired) electrons. The lowest BCUT2D eigenvalue weighted by atomic mass is 9.76. The SMILES string of the molecule is CCC(CCc1ccc(OC)c(OC)c1)(Oc1nsc(-c2cccc(O)c2)n1)C1(C)C=CC=N1. The van der Waals surface area contributed by atoms with Crippen molar-refractivity contribution >= 4 is 17.7 Å². The van der Waals surface area contributed by atoms with E-state index >= 15 is 0 Å². The number of aromatic hydroxyl groups is 1. The molecule has 1 aromatic heterocycles. The topological polar surface area (TPSA) is 86.1 Å². The van der Waals surface area contributed by atoms with Crippen molar-refractivity contribution in [3.8, 4) is 33.8 Å². The molecule has 0 fully saturated rings. The summed E-state index contributed by atoms with van der Waals surface area (Å²) < 4.78 is 21.9. The Morgan fingerprint density at radius 3 is 2.59 bits per heavy atom. The van der Waals surface area contributed by atoms with Crippen molar-refractivity contribution in [3.63, 3.8) is 0 Å². The molecule has 0 saturated heterocycles. The van der Waals surface area contributed by atoms with Crippen LogP contribution in [0.2, 0.25) is 0 Å². The molecule has 1 aliphatic heterocycles. The van der Waals surface area contributed by atoms with Gasteiger partial charge in [0.15, 0.2) is 11.5 Å². The predicted molar refractivity (Wildman–Crippen MR) is 135 cm³/mol. The van der Waals surface area contributed by atoms with Crippen LogP contribution in [0, 0.1) is 0 Å². The highest BCUT2D eigenvalue weighted by molar-refractivity contribution is 7.09. The maximum Gasteiger partial charge on any atom is 0.329 e. The van der Waals surface area contributed by atoms with Crippen molar-refractivity contribution in [2.45, 2.75) is 44.2 Å². The fraction of sp³-hybridized carbons (Fsp3) is 0.346. The van der Waals surface area contributed by atoms with Crippen LogP contribution in [-0.4, -0.2) is 46.0 Å². The van der Waals surface area contributed by atoms with Crippen molar-refractivity contribution in [2.24, 2.45) is 4.99 Å². The van der Waals surface area contributed by atoms with E-state index in [-0.39, 0.29) is 5.75 Å². The minimum Gasteiger partial charge on any atom is -0.508 e. The van der Waals surface area contributed by atoms with Crippen LogP contribution in [-0.2, 0) is 6.42 Å². The Morgan fingerprint density at radius 2 is 1.91 bits per heavy atom. The quantitative estimate of drug-likeness (QED) is 0.414. The van der Waals surface area contributed by atoms with E-state index < -0.39 is 11.1 Å². The molecule has 0 saturated carbocycles. The van der Waals surface area contributed by atoms with E-state index in [1.54, 1.807) is 32.4 Å². The lowest BCUT2D eigenvalue weighted by Crippen LogP contribution is -2.53. The Labute approximate surface area is 203 Å². The fourth-order valence-corrected chi connectivity index (χ4v) is 4.91. The van der Waals surface area contributed by atoms with E-state index in [4.69, 9.17) is 19.2 Å². The average molecular weight is 480 g/mol. The first-order valence-electron chi connectivity index (χ1n) is 11.2. The molecule has 0 aliphatic carbocycles. The van der Waals surface area contributed by atoms with Crippen molar-refractivity contribution in [1.29, 1.82) is 0 Å². The van der Waals surface area contributed by atoms with Crippen LogP contribution in [0.1, 0.15) is 32.3 Å². The van der Waals surface area contributed by atoms with Crippen molar-refractivity contribution in [1.82, 2.24) is 9.36 Å². The maximum absolute atomic E-state index is 9.82. The molecule has 8 heteroatoms. The van der Waals surface area contributed by atoms with E-state index in [9.17, 15) is 5.11 Å². The highest BCUT2D eigenvalue weighted by atomic mass is 32.1. The average Bonchev–Trinajstić information content (AvgIpc) is 3.51. The highest BCUT2D eigenvalue weighted by Gasteiger charge is 2.49. The monoisotopic (exact) mass is 479 g/mol. The predicted octanol–water partition coefficient (Wildman–Crippen LogP) is 5.49. The van der Waals surface area contributed by atoms with Gasteiger partial charge in [-0.3, -0.25) is 4.99 Å². The molecule has 1 N–H and O–H groups in total. The first kappa shape index (κ1) is 23.8. The summed E-state index contributed by atoms with van der Waals surface area (Å²) in [6, 6.07) is 13.2. The van der Waals surface area contributed by atoms with Crippen molar-refractivity contribution < 1.29 is 19.3 Å². The third-order valence-corrected chi connectivity index (χ3v) is 7.14. The number of ether oxygens (including phenoxy) is 3.